The third-order valence-electron chi connectivity index (χ3n) is 2.45. The monoisotopic (exact) mass is 269 g/mol. The minimum absolute atomic E-state index is 0.137. The van der Waals surface area contributed by atoms with Gasteiger partial charge in [0.25, 0.3) is 0 Å². The van der Waals surface area contributed by atoms with Gasteiger partial charge < -0.3 is 9.47 Å². The van der Waals surface area contributed by atoms with Crippen LogP contribution in [0, 0.1) is 18.3 Å². The van der Waals surface area contributed by atoms with E-state index < -0.39 is 12.6 Å². The summed E-state index contributed by atoms with van der Waals surface area (Å²) in [5.74, 6) is -0.673. The predicted molar refractivity (Wildman–Crippen MR) is 62.9 cm³/mol. The van der Waals surface area contributed by atoms with E-state index in [2.05, 4.69) is 4.74 Å². The quantitative estimate of drug-likeness (QED) is 0.771. The van der Waals surface area contributed by atoms with Crippen molar-refractivity contribution in [2.24, 2.45) is 0 Å². The highest BCUT2D eigenvalue weighted by molar-refractivity contribution is 5.74. The summed E-state index contributed by atoms with van der Waals surface area (Å²) < 4.78 is 33.9. The molecule has 0 aliphatic rings. The summed E-state index contributed by atoms with van der Waals surface area (Å²) >= 11 is 0. The predicted octanol–water partition coefficient (Wildman–Crippen LogP) is 2.57. The first-order valence-electron chi connectivity index (χ1n) is 5.62. The number of hydrogen-bond donors (Lipinski definition) is 0. The highest BCUT2D eigenvalue weighted by Crippen LogP contribution is 2.28. The Morgan fingerprint density at radius 3 is 2.68 bits per heavy atom. The molecule has 0 N–H and O–H groups in total. The van der Waals surface area contributed by atoms with Gasteiger partial charge >= 0.3 is 12.6 Å². The Morgan fingerprint density at radius 1 is 1.47 bits per heavy atom. The molecule has 6 heteroatoms. The smallest absolute Gasteiger partial charge is 0.387 e. The minimum atomic E-state index is -3.02. The van der Waals surface area contributed by atoms with E-state index in [9.17, 15) is 13.6 Å². The maximum Gasteiger partial charge on any atom is 0.387 e. The van der Waals surface area contributed by atoms with Crippen molar-refractivity contribution in [3.63, 3.8) is 0 Å². The molecule has 0 aliphatic heterocycles. The summed E-state index contributed by atoms with van der Waals surface area (Å²) in [6.45, 7) is 0.330. The molecule has 0 radical (unpaired) electrons. The lowest BCUT2D eigenvalue weighted by atomic mass is 10.0. The summed E-state index contributed by atoms with van der Waals surface area (Å²) in [6.07, 6.45) is -0.178. The number of esters is 1. The van der Waals surface area contributed by atoms with E-state index in [0.717, 1.165) is 0 Å². The van der Waals surface area contributed by atoms with Crippen LogP contribution in [0.1, 0.15) is 23.6 Å². The Kier molecular flexibility index (Phi) is 5.24. The van der Waals surface area contributed by atoms with Crippen LogP contribution in [-0.2, 0) is 16.0 Å². The molecule has 0 bridgehead atoms. The zero-order valence-corrected chi connectivity index (χ0v) is 10.6. The van der Waals surface area contributed by atoms with Gasteiger partial charge in [0.05, 0.1) is 24.7 Å². The lowest BCUT2D eigenvalue weighted by Crippen LogP contribution is -2.12. The molecule has 1 aromatic rings. The molecule has 0 heterocycles. The van der Waals surface area contributed by atoms with E-state index in [0.29, 0.717) is 0 Å². The first-order valence-corrected chi connectivity index (χ1v) is 5.62. The third kappa shape index (κ3) is 3.91. The number of nitriles is 1. The van der Waals surface area contributed by atoms with Crippen LogP contribution in [0.25, 0.3) is 0 Å². The fourth-order valence-electron chi connectivity index (χ4n) is 1.63. The molecule has 1 aromatic carbocycles. The van der Waals surface area contributed by atoms with Crippen LogP contribution >= 0.6 is 0 Å². The lowest BCUT2D eigenvalue weighted by molar-refractivity contribution is -0.142. The molecule has 0 unspecified atom stereocenters. The van der Waals surface area contributed by atoms with Crippen molar-refractivity contribution in [3.8, 4) is 11.8 Å². The van der Waals surface area contributed by atoms with Gasteiger partial charge in [0.2, 0.25) is 0 Å². The van der Waals surface area contributed by atoms with Crippen molar-refractivity contribution in [1.29, 1.82) is 5.26 Å². The van der Waals surface area contributed by atoms with Gasteiger partial charge in [-0.3, -0.25) is 4.79 Å². The Bertz CT molecular complexity index is 509. The topological polar surface area (TPSA) is 59.3 Å². The zero-order valence-electron chi connectivity index (χ0n) is 10.6. The van der Waals surface area contributed by atoms with Crippen molar-refractivity contribution >= 4 is 5.97 Å². The molecule has 1 rings (SSSR count). The molecular weight excluding hydrogens is 256 g/mol. The average molecular weight is 269 g/mol. The molecule has 0 atom stereocenters. The van der Waals surface area contributed by atoms with Gasteiger partial charge in [-0.05, 0) is 19.9 Å². The average Bonchev–Trinajstić information content (AvgIpc) is 2.34. The summed E-state index contributed by atoms with van der Waals surface area (Å²) in [4.78, 5) is 11.4. The van der Waals surface area contributed by atoms with Gasteiger partial charge in [0.15, 0.2) is 0 Å². The lowest BCUT2D eigenvalue weighted by Gasteiger charge is -2.14. The molecule has 0 aromatic heterocycles. The van der Waals surface area contributed by atoms with Crippen LogP contribution in [0.15, 0.2) is 12.1 Å². The van der Waals surface area contributed by atoms with E-state index >= 15 is 0 Å². The number of ether oxygens (including phenoxy) is 2. The fraction of sp³-hybridized carbons (Fsp3) is 0.385. The number of alkyl halides is 2. The Morgan fingerprint density at radius 2 is 2.16 bits per heavy atom. The SMILES string of the molecule is CCOC(=O)Cc1ccc(C#N)c(C)c1OC(F)F. The van der Waals surface area contributed by atoms with E-state index in [1.807, 2.05) is 6.07 Å². The van der Waals surface area contributed by atoms with Crippen LogP contribution in [-0.4, -0.2) is 19.2 Å². The normalized spacial score (nSPS) is 10.1. The molecule has 0 aliphatic carbocycles. The van der Waals surface area contributed by atoms with Gasteiger partial charge in [-0.2, -0.15) is 14.0 Å². The molecule has 19 heavy (non-hydrogen) atoms. The summed E-state index contributed by atoms with van der Waals surface area (Å²) in [6, 6.07) is 4.75. The maximum absolute atomic E-state index is 12.4. The van der Waals surface area contributed by atoms with Crippen LogP contribution in [0.5, 0.6) is 5.75 Å². The highest BCUT2D eigenvalue weighted by atomic mass is 19.3. The molecule has 0 spiro atoms. The van der Waals surface area contributed by atoms with Crippen molar-refractivity contribution in [2.45, 2.75) is 26.9 Å². The Balaban J connectivity index is 3.13. The second kappa shape index (κ2) is 6.69. The van der Waals surface area contributed by atoms with Crippen LogP contribution in [0.3, 0.4) is 0 Å². The fourth-order valence-corrected chi connectivity index (χ4v) is 1.63. The van der Waals surface area contributed by atoms with Crippen LogP contribution < -0.4 is 4.74 Å². The van der Waals surface area contributed by atoms with Crippen molar-refractivity contribution in [1.82, 2.24) is 0 Å². The van der Waals surface area contributed by atoms with Crippen LogP contribution in [0.4, 0.5) is 8.78 Å². The number of hydrogen-bond acceptors (Lipinski definition) is 4. The summed E-state index contributed by atoms with van der Waals surface area (Å²) in [5, 5.41) is 8.85. The van der Waals surface area contributed by atoms with Crippen molar-refractivity contribution in [3.05, 3.63) is 28.8 Å². The van der Waals surface area contributed by atoms with Gasteiger partial charge in [-0.15, -0.1) is 0 Å². The molecule has 4 nitrogen and oxygen atoms in total. The number of nitrogens with zero attached hydrogens (tertiary/aromatic N) is 1. The molecule has 0 saturated heterocycles. The number of rotatable bonds is 5. The molecular formula is C13H13F2NO3. The first-order chi connectivity index (χ1) is 8.99. The van der Waals surface area contributed by atoms with Crippen LogP contribution in [0.2, 0.25) is 0 Å². The summed E-state index contributed by atoms with van der Waals surface area (Å²) in [5.41, 5.74) is 0.781. The van der Waals surface area contributed by atoms with Gasteiger partial charge in [0, 0.05) is 11.1 Å². The summed E-state index contributed by atoms with van der Waals surface area (Å²) in [7, 11) is 0. The number of carbonyl (C=O) groups excluding carboxylic acids is 1. The van der Waals surface area contributed by atoms with Gasteiger partial charge in [0.1, 0.15) is 5.75 Å². The van der Waals surface area contributed by atoms with Gasteiger partial charge in [-0.1, -0.05) is 6.07 Å². The van der Waals surface area contributed by atoms with Crippen molar-refractivity contribution < 1.29 is 23.0 Å². The highest BCUT2D eigenvalue weighted by Gasteiger charge is 2.17. The van der Waals surface area contributed by atoms with E-state index in [1.54, 1.807) is 6.92 Å². The zero-order chi connectivity index (χ0) is 14.4. The number of halogens is 2. The number of carbonyl (C=O) groups is 1. The maximum atomic E-state index is 12.4. The van der Waals surface area contributed by atoms with Crippen molar-refractivity contribution in [2.75, 3.05) is 6.61 Å². The standard InChI is InChI=1S/C13H13F2NO3/c1-3-18-11(17)6-9-4-5-10(7-16)8(2)12(9)19-13(14)15/h4-5,13H,3,6H2,1-2H3. The van der Waals surface area contributed by atoms with E-state index in [-0.39, 0.29) is 35.5 Å². The molecule has 0 fully saturated rings. The Labute approximate surface area is 109 Å². The largest absolute Gasteiger partial charge is 0.466 e. The molecule has 0 amide bonds. The minimum Gasteiger partial charge on any atom is -0.466 e. The molecule has 0 saturated carbocycles. The molecule has 102 valence electrons. The van der Waals surface area contributed by atoms with E-state index in [1.165, 1.54) is 19.1 Å². The second-order valence-electron chi connectivity index (χ2n) is 3.70. The Hall–Kier alpha value is -2.16. The third-order valence-corrected chi connectivity index (χ3v) is 2.45. The number of benzene rings is 1. The van der Waals surface area contributed by atoms with Gasteiger partial charge in [-0.25, -0.2) is 0 Å². The second-order valence-corrected chi connectivity index (χ2v) is 3.70. The van der Waals surface area contributed by atoms with E-state index in [4.69, 9.17) is 10.00 Å². The first kappa shape index (κ1) is 14.9.